The molecule has 0 fully saturated rings. The van der Waals surface area contributed by atoms with Crippen LogP contribution in [0.2, 0.25) is 0 Å². The van der Waals surface area contributed by atoms with Gasteiger partial charge in [0.25, 0.3) is 34.1 Å². The standard InChI is InChI=1S/2C25H17N2O.Pt/c2*1-3-11-20(12-4-1)26-19-27(23-16-8-7-15-22(23)26)24-17-9-10-18-25(24)28-21-13-5-2-6-14-21;/h2*1-13,15-18H;/q2*+1;+2. The SMILES string of the molecule is C1=[N+](c2ccccc2)c2ccccc2[N+]=1c1ccccc1Oc1[c-]cccc1.C1=[N+](c2ccccc2)c2ccccc2[N+]=1c1ccccc1Oc1[c-]cccc1.[Pt+2]. The maximum atomic E-state index is 6.12. The molecule has 7 heteroatoms. The predicted molar refractivity (Wildman–Crippen MR) is 225 cm³/mol. The molecule has 2 heterocycles. The van der Waals surface area contributed by atoms with Crippen LogP contribution in [0.25, 0.3) is 0 Å². The smallest absolute Gasteiger partial charge is 0.476 e. The minimum absolute atomic E-state index is 0. The molecular formula is C50H34N4O2Pt+4. The Balaban J connectivity index is 0.000000157. The zero-order chi connectivity index (χ0) is 37.5. The second kappa shape index (κ2) is 17.1. The Labute approximate surface area is 346 Å². The molecule has 6 nitrogen and oxygen atoms in total. The van der Waals surface area contributed by atoms with Gasteiger partial charge in [-0.05, 0) is 30.4 Å². The second-order valence-corrected chi connectivity index (χ2v) is 12.8. The normalized spacial score (nSPS) is 11.9. The Hall–Kier alpha value is -7.19. The first kappa shape index (κ1) is 36.8. The van der Waals surface area contributed by atoms with Crippen molar-refractivity contribution in [3.05, 3.63) is 218 Å². The van der Waals surface area contributed by atoms with Crippen LogP contribution in [0.1, 0.15) is 0 Å². The molecule has 2 aliphatic heterocycles. The van der Waals surface area contributed by atoms with Crippen LogP contribution in [0.15, 0.2) is 206 Å². The fraction of sp³-hybridized carbons (Fsp3) is 0. The van der Waals surface area contributed by atoms with E-state index in [4.69, 9.17) is 9.47 Å². The molecule has 0 spiro atoms. The molecule has 0 saturated carbocycles. The molecule has 272 valence electrons. The predicted octanol–water partition coefficient (Wildman–Crippen LogP) is 12.3. The van der Waals surface area contributed by atoms with Gasteiger partial charge in [-0.25, -0.2) is 0 Å². The Bertz CT molecular complexity index is 2620. The molecule has 0 atom stereocenters. The van der Waals surface area contributed by atoms with E-state index >= 15 is 0 Å². The van der Waals surface area contributed by atoms with E-state index in [2.05, 4.69) is 81.8 Å². The van der Waals surface area contributed by atoms with Gasteiger partial charge in [0.2, 0.25) is 11.4 Å². The fourth-order valence-electron chi connectivity index (χ4n) is 6.59. The summed E-state index contributed by atoms with van der Waals surface area (Å²) >= 11 is 0. The molecule has 0 aliphatic carbocycles. The summed E-state index contributed by atoms with van der Waals surface area (Å²) in [6, 6.07) is 81.4. The first-order chi connectivity index (χ1) is 27.8. The number of rotatable bonds is 8. The molecular weight excluding hydrogens is 884 g/mol. The molecule has 0 N–H and O–H groups in total. The third-order valence-electron chi connectivity index (χ3n) is 9.17. The molecule has 2 aliphatic rings. The van der Waals surface area contributed by atoms with Gasteiger partial charge in [0.1, 0.15) is 0 Å². The maximum Gasteiger partial charge on any atom is 2.00 e. The fourth-order valence-corrected chi connectivity index (χ4v) is 6.59. The van der Waals surface area contributed by atoms with Crippen molar-refractivity contribution in [3.8, 4) is 23.0 Å². The molecule has 8 aromatic carbocycles. The molecule has 0 amide bonds. The van der Waals surface area contributed by atoms with E-state index in [1.165, 1.54) is 0 Å². The quantitative estimate of drug-likeness (QED) is 0.112. The summed E-state index contributed by atoms with van der Waals surface area (Å²) in [6.45, 7) is 0. The maximum absolute atomic E-state index is 6.12. The topological polar surface area (TPSA) is 30.5 Å². The van der Waals surface area contributed by atoms with Gasteiger partial charge in [-0.2, -0.15) is 36.4 Å². The first-order valence-corrected chi connectivity index (χ1v) is 18.3. The number of hydrogen-bond acceptors (Lipinski definition) is 2. The van der Waals surface area contributed by atoms with Crippen molar-refractivity contribution in [2.75, 3.05) is 0 Å². The largest absolute Gasteiger partial charge is 2.00 e. The van der Waals surface area contributed by atoms with E-state index in [1.807, 2.05) is 167 Å². The van der Waals surface area contributed by atoms with Gasteiger partial charge in [-0.15, -0.1) is 24.3 Å². The Kier molecular flexibility index (Phi) is 11.0. The average molecular weight is 918 g/mol. The van der Waals surface area contributed by atoms with Crippen LogP contribution in [-0.4, -0.2) is 12.0 Å². The van der Waals surface area contributed by atoms with Crippen LogP contribution in [0.5, 0.6) is 23.0 Å². The van der Waals surface area contributed by atoms with Crippen molar-refractivity contribution in [2.24, 2.45) is 0 Å². The number of nitrogens with zero attached hydrogens (tertiary/aromatic N) is 4. The van der Waals surface area contributed by atoms with E-state index in [0.29, 0.717) is 11.5 Å². The van der Waals surface area contributed by atoms with E-state index in [0.717, 1.165) is 57.0 Å². The number of hydrogen-bond donors (Lipinski definition) is 0. The number of fused-ring (bicyclic) bond motifs is 2. The number of para-hydroxylation sites is 12. The number of ether oxygens (including phenoxy) is 2. The summed E-state index contributed by atoms with van der Waals surface area (Å²) in [6.07, 6.45) is 0. The van der Waals surface area contributed by atoms with Gasteiger partial charge < -0.3 is 9.47 Å². The van der Waals surface area contributed by atoms with Crippen molar-refractivity contribution in [3.63, 3.8) is 0 Å². The number of benzene rings is 8. The summed E-state index contributed by atoms with van der Waals surface area (Å²) in [7, 11) is 0. The Morgan fingerprint density at radius 3 is 1.00 bits per heavy atom. The summed E-state index contributed by atoms with van der Waals surface area (Å²) in [5.41, 5.74) is 8.24. The van der Waals surface area contributed by atoms with Crippen molar-refractivity contribution >= 4 is 57.5 Å². The summed E-state index contributed by atoms with van der Waals surface area (Å²) in [5, 5.41) is 0. The molecule has 0 radical (unpaired) electrons. The first-order valence-electron chi connectivity index (χ1n) is 18.3. The minimum Gasteiger partial charge on any atom is -0.476 e. The third kappa shape index (κ3) is 7.84. The van der Waals surface area contributed by atoms with E-state index in [9.17, 15) is 0 Å². The molecule has 57 heavy (non-hydrogen) atoms. The van der Waals surface area contributed by atoms with Gasteiger partial charge in [0.05, 0.1) is 0 Å². The molecule has 0 unspecified atom stereocenters. The van der Waals surface area contributed by atoms with Gasteiger partial charge >= 0.3 is 33.1 Å². The van der Waals surface area contributed by atoms with E-state index in [-0.39, 0.29) is 21.1 Å². The van der Waals surface area contributed by atoms with Crippen LogP contribution in [0.3, 0.4) is 0 Å². The third-order valence-corrected chi connectivity index (χ3v) is 9.17. The van der Waals surface area contributed by atoms with Crippen molar-refractivity contribution in [2.45, 2.75) is 0 Å². The van der Waals surface area contributed by atoms with Crippen LogP contribution >= 0.6 is 0 Å². The monoisotopic (exact) mass is 917 g/mol. The molecule has 10 rings (SSSR count). The van der Waals surface area contributed by atoms with Crippen LogP contribution in [0.4, 0.5) is 45.5 Å². The van der Waals surface area contributed by atoms with Crippen LogP contribution < -0.4 is 27.8 Å². The van der Waals surface area contributed by atoms with Crippen molar-refractivity contribution < 1.29 is 30.5 Å². The van der Waals surface area contributed by atoms with Crippen LogP contribution in [-0.2, 0) is 21.1 Å². The second-order valence-electron chi connectivity index (χ2n) is 12.8. The Morgan fingerprint density at radius 1 is 0.316 bits per heavy atom. The van der Waals surface area contributed by atoms with Crippen molar-refractivity contribution in [1.29, 1.82) is 0 Å². The zero-order valence-electron chi connectivity index (χ0n) is 30.6. The molecule has 8 aromatic rings. The van der Waals surface area contributed by atoms with Gasteiger partial charge in [-0.3, -0.25) is 0 Å². The van der Waals surface area contributed by atoms with E-state index < -0.39 is 0 Å². The average Bonchev–Trinajstić information content (AvgIpc) is 3.85. The van der Waals surface area contributed by atoms with Crippen molar-refractivity contribution in [1.82, 2.24) is 18.3 Å². The van der Waals surface area contributed by atoms with Crippen LogP contribution in [0, 0.1) is 12.1 Å². The van der Waals surface area contributed by atoms with Gasteiger partial charge in [0, 0.05) is 72.2 Å². The van der Waals surface area contributed by atoms with Gasteiger partial charge in [0.15, 0.2) is 11.5 Å². The van der Waals surface area contributed by atoms with E-state index in [1.54, 1.807) is 0 Å². The summed E-state index contributed by atoms with van der Waals surface area (Å²) < 4.78 is 20.5. The Morgan fingerprint density at radius 2 is 0.632 bits per heavy atom. The summed E-state index contributed by atoms with van der Waals surface area (Å²) in [4.78, 5) is 0. The zero-order valence-corrected chi connectivity index (χ0v) is 32.8. The minimum atomic E-state index is 0. The molecule has 0 saturated heterocycles. The van der Waals surface area contributed by atoms with Gasteiger partial charge in [-0.1, -0.05) is 84.9 Å². The molecule has 0 bridgehead atoms. The molecule has 0 aromatic heterocycles. The summed E-state index contributed by atoms with van der Waals surface area (Å²) in [5.74, 6) is 2.87.